The zero-order chi connectivity index (χ0) is 10.6. The van der Waals surface area contributed by atoms with E-state index in [0.29, 0.717) is 5.92 Å². The molecule has 2 heteroatoms. The molecule has 0 aromatic carbocycles. The molecule has 0 saturated heterocycles. The zero-order valence-electron chi connectivity index (χ0n) is 8.66. The Hall–Kier alpha value is -1.44. The van der Waals surface area contributed by atoms with Gasteiger partial charge in [-0.2, -0.15) is 0 Å². The summed E-state index contributed by atoms with van der Waals surface area (Å²) in [5, 5.41) is 2.80. The van der Waals surface area contributed by atoms with Crippen molar-refractivity contribution < 1.29 is 0 Å². The maximum Gasteiger partial charge on any atom is 0.0789 e. The Morgan fingerprint density at radius 1 is 1.64 bits per heavy atom. The Kier molecular flexibility index (Phi) is 3.57. The minimum absolute atomic E-state index is 0.427. The Balaban J connectivity index is 3.13. The van der Waals surface area contributed by atoms with E-state index in [4.69, 9.17) is 0 Å². The molecule has 0 saturated carbocycles. The van der Waals surface area contributed by atoms with Crippen molar-refractivity contribution in [1.29, 1.82) is 0 Å². The van der Waals surface area contributed by atoms with Crippen LogP contribution in [0.4, 0.5) is 0 Å². The fraction of sp³-hybridized carbons (Fsp3) is 0.333. The van der Waals surface area contributed by atoms with Crippen LogP contribution in [0.25, 0.3) is 0 Å². The number of nitrogens with zero attached hydrogens (tertiary/aromatic N) is 1. The van der Waals surface area contributed by atoms with Crippen LogP contribution in [0.15, 0.2) is 52.9 Å². The predicted octanol–water partition coefficient (Wildman–Crippen LogP) is 3.74. The molecule has 0 amide bonds. The van der Waals surface area contributed by atoms with Crippen LogP contribution < -0.4 is 0 Å². The van der Waals surface area contributed by atoms with Crippen molar-refractivity contribution in [2.75, 3.05) is 0 Å². The molecular formula is C12H15NO. The van der Waals surface area contributed by atoms with Crippen LogP contribution in [-0.4, -0.2) is 0 Å². The third-order valence-corrected chi connectivity index (χ3v) is 2.63. The Labute approximate surface area is 84.7 Å². The van der Waals surface area contributed by atoms with Crippen molar-refractivity contribution in [2.24, 2.45) is 11.1 Å². The van der Waals surface area contributed by atoms with Crippen LogP contribution in [-0.2, 0) is 0 Å². The Morgan fingerprint density at radius 3 is 2.86 bits per heavy atom. The molecule has 0 aliphatic heterocycles. The molecule has 0 fully saturated rings. The molecule has 0 aromatic heterocycles. The first kappa shape index (κ1) is 10.6. The second-order valence-corrected chi connectivity index (χ2v) is 3.35. The standard InChI is InChI=1S/C12H15NO/c1-4-10-6-7-11(8-13-14)9(3)12(10)5-2/h5-8,10H,2,4H2,1,3H3/b11-8+. The largest absolute Gasteiger partial charge is 0.145 e. The highest BCUT2D eigenvalue weighted by Crippen LogP contribution is 2.30. The minimum Gasteiger partial charge on any atom is -0.145 e. The molecule has 1 atom stereocenters. The van der Waals surface area contributed by atoms with Gasteiger partial charge in [0.2, 0.25) is 0 Å². The van der Waals surface area contributed by atoms with E-state index in [1.54, 1.807) is 0 Å². The van der Waals surface area contributed by atoms with Crippen molar-refractivity contribution >= 4 is 0 Å². The van der Waals surface area contributed by atoms with E-state index in [2.05, 4.69) is 24.8 Å². The first-order valence-corrected chi connectivity index (χ1v) is 4.79. The van der Waals surface area contributed by atoms with Crippen molar-refractivity contribution in [3.8, 4) is 0 Å². The van der Waals surface area contributed by atoms with Crippen LogP contribution in [0.3, 0.4) is 0 Å². The molecule has 0 spiro atoms. The predicted molar refractivity (Wildman–Crippen MR) is 59.7 cm³/mol. The summed E-state index contributed by atoms with van der Waals surface area (Å²) in [6.07, 6.45) is 8.32. The van der Waals surface area contributed by atoms with E-state index in [9.17, 15) is 4.91 Å². The quantitative estimate of drug-likeness (QED) is 0.622. The van der Waals surface area contributed by atoms with Gasteiger partial charge in [0.1, 0.15) is 0 Å². The first-order chi connectivity index (χ1) is 6.74. The van der Waals surface area contributed by atoms with E-state index >= 15 is 0 Å². The average Bonchev–Trinajstić information content (AvgIpc) is 2.21. The normalized spacial score (nSPS) is 24.1. The molecule has 0 radical (unpaired) electrons. The highest BCUT2D eigenvalue weighted by Gasteiger charge is 2.15. The third kappa shape index (κ3) is 1.90. The molecule has 14 heavy (non-hydrogen) atoms. The fourth-order valence-electron chi connectivity index (χ4n) is 1.75. The summed E-state index contributed by atoms with van der Waals surface area (Å²) in [6.45, 7) is 7.94. The van der Waals surface area contributed by atoms with Gasteiger partial charge in [-0.1, -0.05) is 31.7 Å². The van der Waals surface area contributed by atoms with Gasteiger partial charge in [-0.05, 0) is 35.2 Å². The van der Waals surface area contributed by atoms with Crippen molar-refractivity contribution in [1.82, 2.24) is 0 Å². The molecule has 1 rings (SSSR count). The summed E-state index contributed by atoms with van der Waals surface area (Å²) < 4.78 is 0. The number of nitroso groups, excluding NO2 is 1. The first-order valence-electron chi connectivity index (χ1n) is 4.79. The van der Waals surface area contributed by atoms with Crippen molar-refractivity contribution in [3.05, 3.63) is 52.6 Å². The molecule has 1 aliphatic rings. The molecular weight excluding hydrogens is 174 g/mol. The number of hydrogen-bond donors (Lipinski definition) is 0. The maximum absolute atomic E-state index is 10.2. The van der Waals surface area contributed by atoms with Gasteiger partial charge in [-0.15, -0.1) is 4.91 Å². The average molecular weight is 189 g/mol. The van der Waals surface area contributed by atoms with Gasteiger partial charge in [0.15, 0.2) is 0 Å². The summed E-state index contributed by atoms with van der Waals surface area (Å²) >= 11 is 0. The Morgan fingerprint density at radius 2 is 2.36 bits per heavy atom. The van der Waals surface area contributed by atoms with E-state index in [1.165, 1.54) is 11.8 Å². The summed E-state index contributed by atoms with van der Waals surface area (Å²) in [4.78, 5) is 10.2. The molecule has 0 heterocycles. The van der Waals surface area contributed by atoms with Gasteiger partial charge in [-0.25, -0.2) is 0 Å². The summed E-state index contributed by atoms with van der Waals surface area (Å²) in [7, 11) is 0. The van der Waals surface area contributed by atoms with Gasteiger partial charge >= 0.3 is 0 Å². The number of rotatable bonds is 3. The summed E-state index contributed by atoms with van der Waals surface area (Å²) in [6, 6.07) is 0. The molecule has 0 N–H and O–H groups in total. The Bertz CT molecular complexity index is 334. The molecule has 1 unspecified atom stereocenters. The smallest absolute Gasteiger partial charge is 0.0789 e. The van der Waals surface area contributed by atoms with Crippen molar-refractivity contribution in [3.63, 3.8) is 0 Å². The highest BCUT2D eigenvalue weighted by atomic mass is 16.2. The number of hydrogen-bond acceptors (Lipinski definition) is 2. The maximum atomic E-state index is 10.2. The summed E-state index contributed by atoms with van der Waals surface area (Å²) in [5.41, 5.74) is 3.19. The highest BCUT2D eigenvalue weighted by molar-refractivity contribution is 5.50. The van der Waals surface area contributed by atoms with Crippen LogP contribution >= 0.6 is 0 Å². The second kappa shape index (κ2) is 4.70. The molecule has 0 bridgehead atoms. The lowest BCUT2D eigenvalue weighted by Crippen LogP contribution is -2.05. The van der Waals surface area contributed by atoms with E-state index in [1.807, 2.05) is 19.1 Å². The topological polar surface area (TPSA) is 29.4 Å². The van der Waals surface area contributed by atoms with Crippen molar-refractivity contribution in [2.45, 2.75) is 20.3 Å². The van der Waals surface area contributed by atoms with E-state index < -0.39 is 0 Å². The molecule has 1 aliphatic carbocycles. The van der Waals surface area contributed by atoms with Gasteiger partial charge in [0.05, 0.1) is 6.20 Å². The minimum atomic E-state index is 0.427. The van der Waals surface area contributed by atoms with Gasteiger partial charge in [-0.3, -0.25) is 0 Å². The van der Waals surface area contributed by atoms with Crippen LogP contribution in [0.1, 0.15) is 20.3 Å². The molecule has 74 valence electrons. The molecule has 0 aromatic rings. The summed E-state index contributed by atoms with van der Waals surface area (Å²) in [5.74, 6) is 0.427. The van der Waals surface area contributed by atoms with Gasteiger partial charge in [0.25, 0.3) is 0 Å². The zero-order valence-corrected chi connectivity index (χ0v) is 8.66. The molecule has 2 nitrogen and oxygen atoms in total. The van der Waals surface area contributed by atoms with Gasteiger partial charge in [0, 0.05) is 5.92 Å². The van der Waals surface area contributed by atoms with Gasteiger partial charge < -0.3 is 0 Å². The number of allylic oxidation sites excluding steroid dienone is 6. The second-order valence-electron chi connectivity index (χ2n) is 3.35. The lowest BCUT2D eigenvalue weighted by Gasteiger charge is -2.20. The lowest BCUT2D eigenvalue weighted by atomic mass is 9.84. The van der Waals surface area contributed by atoms with E-state index in [-0.39, 0.29) is 0 Å². The van der Waals surface area contributed by atoms with Crippen LogP contribution in [0.2, 0.25) is 0 Å². The van der Waals surface area contributed by atoms with Crippen LogP contribution in [0.5, 0.6) is 0 Å². The third-order valence-electron chi connectivity index (χ3n) is 2.63. The fourth-order valence-corrected chi connectivity index (χ4v) is 1.75. The lowest BCUT2D eigenvalue weighted by molar-refractivity contribution is 0.729. The van der Waals surface area contributed by atoms with Crippen LogP contribution in [0, 0.1) is 10.8 Å². The SMILES string of the molecule is C=CC1=C(C)/C(=C/N=O)C=CC1CC. The van der Waals surface area contributed by atoms with E-state index in [0.717, 1.165) is 17.6 Å². The monoisotopic (exact) mass is 189 g/mol.